The number of phenols is 1. The lowest BCUT2D eigenvalue weighted by atomic mass is 10.3. The van der Waals surface area contributed by atoms with E-state index in [0.29, 0.717) is 18.1 Å². The maximum absolute atomic E-state index is 9.25. The van der Waals surface area contributed by atoms with Gasteiger partial charge in [0.15, 0.2) is 11.5 Å². The Kier molecular flexibility index (Phi) is 4.11. The van der Waals surface area contributed by atoms with Crippen molar-refractivity contribution in [1.29, 1.82) is 0 Å². The Morgan fingerprint density at radius 1 is 1.29 bits per heavy atom. The van der Waals surface area contributed by atoms with Crippen LogP contribution >= 0.6 is 0 Å². The van der Waals surface area contributed by atoms with Crippen LogP contribution < -0.4 is 9.47 Å². The molecular formula is C11H16O3. The largest absolute Gasteiger partial charge is 0.508 e. The van der Waals surface area contributed by atoms with E-state index in [1.54, 1.807) is 25.3 Å². The first-order valence-electron chi connectivity index (χ1n) is 4.77. The molecule has 3 heteroatoms. The van der Waals surface area contributed by atoms with Gasteiger partial charge in [0.25, 0.3) is 0 Å². The molecule has 0 saturated heterocycles. The van der Waals surface area contributed by atoms with Crippen LogP contribution in [0.2, 0.25) is 0 Å². The van der Waals surface area contributed by atoms with Crippen molar-refractivity contribution in [3.8, 4) is 17.2 Å². The van der Waals surface area contributed by atoms with Crippen molar-refractivity contribution in [3.05, 3.63) is 18.2 Å². The van der Waals surface area contributed by atoms with Crippen molar-refractivity contribution >= 4 is 0 Å². The minimum atomic E-state index is 0.192. The number of methoxy groups -OCH3 is 1. The molecule has 78 valence electrons. The van der Waals surface area contributed by atoms with Crippen LogP contribution in [0.5, 0.6) is 17.2 Å². The van der Waals surface area contributed by atoms with Crippen molar-refractivity contribution in [2.24, 2.45) is 0 Å². The second-order valence-electron chi connectivity index (χ2n) is 3.04. The van der Waals surface area contributed by atoms with E-state index < -0.39 is 0 Å². The third-order valence-electron chi connectivity index (χ3n) is 1.90. The van der Waals surface area contributed by atoms with Crippen molar-refractivity contribution in [2.45, 2.75) is 19.8 Å². The minimum absolute atomic E-state index is 0.192. The lowest BCUT2D eigenvalue weighted by Gasteiger charge is -2.10. The van der Waals surface area contributed by atoms with Crippen molar-refractivity contribution in [1.82, 2.24) is 0 Å². The summed E-state index contributed by atoms with van der Waals surface area (Å²) < 4.78 is 10.6. The molecule has 0 radical (unpaired) electrons. The lowest BCUT2D eigenvalue weighted by molar-refractivity contribution is 0.286. The molecule has 3 nitrogen and oxygen atoms in total. The van der Waals surface area contributed by atoms with Crippen LogP contribution in [0, 0.1) is 0 Å². The number of hydrogen-bond acceptors (Lipinski definition) is 3. The van der Waals surface area contributed by atoms with Gasteiger partial charge in [-0.05, 0) is 18.6 Å². The molecule has 1 aromatic carbocycles. The Hall–Kier alpha value is -1.38. The zero-order valence-electron chi connectivity index (χ0n) is 8.62. The number of unbranched alkanes of at least 4 members (excludes halogenated alkanes) is 1. The summed E-state index contributed by atoms with van der Waals surface area (Å²) in [6.07, 6.45) is 2.08. The number of aromatic hydroxyl groups is 1. The number of benzene rings is 1. The van der Waals surface area contributed by atoms with E-state index in [-0.39, 0.29) is 5.75 Å². The van der Waals surface area contributed by atoms with E-state index in [0.717, 1.165) is 12.8 Å². The molecule has 0 unspecified atom stereocenters. The second-order valence-corrected chi connectivity index (χ2v) is 3.04. The van der Waals surface area contributed by atoms with Crippen LogP contribution in [-0.4, -0.2) is 18.8 Å². The summed E-state index contributed by atoms with van der Waals surface area (Å²) in [5.74, 6) is 1.44. The number of ether oxygens (including phenoxy) is 2. The normalized spacial score (nSPS) is 9.86. The molecule has 0 spiro atoms. The molecular weight excluding hydrogens is 180 g/mol. The molecule has 0 heterocycles. The van der Waals surface area contributed by atoms with Gasteiger partial charge in [0.05, 0.1) is 13.7 Å². The fraction of sp³-hybridized carbons (Fsp3) is 0.455. The molecule has 0 aliphatic rings. The molecule has 0 fully saturated rings. The lowest BCUT2D eigenvalue weighted by Crippen LogP contribution is -1.98. The van der Waals surface area contributed by atoms with Crippen LogP contribution in [0.25, 0.3) is 0 Å². The smallest absolute Gasteiger partial charge is 0.164 e. The highest BCUT2D eigenvalue weighted by Crippen LogP contribution is 2.30. The SMILES string of the molecule is CCCCOc1cc(O)ccc1OC. The minimum Gasteiger partial charge on any atom is -0.508 e. The molecule has 0 bridgehead atoms. The first-order chi connectivity index (χ1) is 6.77. The summed E-state index contributed by atoms with van der Waals surface area (Å²) >= 11 is 0. The quantitative estimate of drug-likeness (QED) is 0.735. The number of phenolic OH excluding ortho intramolecular Hbond substituents is 1. The van der Waals surface area contributed by atoms with Crippen LogP contribution in [0.15, 0.2) is 18.2 Å². The van der Waals surface area contributed by atoms with E-state index in [1.807, 2.05) is 0 Å². The summed E-state index contributed by atoms with van der Waals surface area (Å²) in [6, 6.07) is 4.83. The Morgan fingerprint density at radius 2 is 2.07 bits per heavy atom. The fourth-order valence-electron chi connectivity index (χ4n) is 1.10. The van der Waals surface area contributed by atoms with Crippen LogP contribution in [0.3, 0.4) is 0 Å². The molecule has 0 amide bonds. The average molecular weight is 196 g/mol. The van der Waals surface area contributed by atoms with E-state index in [9.17, 15) is 5.11 Å². The van der Waals surface area contributed by atoms with E-state index >= 15 is 0 Å². The third kappa shape index (κ3) is 2.83. The van der Waals surface area contributed by atoms with Crippen molar-refractivity contribution < 1.29 is 14.6 Å². The average Bonchev–Trinajstić information content (AvgIpc) is 2.19. The summed E-state index contributed by atoms with van der Waals surface area (Å²) in [5, 5.41) is 9.25. The van der Waals surface area contributed by atoms with Gasteiger partial charge in [-0.2, -0.15) is 0 Å². The maximum Gasteiger partial charge on any atom is 0.164 e. The zero-order valence-corrected chi connectivity index (χ0v) is 8.62. The van der Waals surface area contributed by atoms with Crippen LogP contribution in [0.1, 0.15) is 19.8 Å². The molecule has 0 saturated carbocycles. The summed E-state index contributed by atoms with van der Waals surface area (Å²) in [7, 11) is 1.58. The fourth-order valence-corrected chi connectivity index (χ4v) is 1.10. The van der Waals surface area contributed by atoms with Gasteiger partial charge in [0.2, 0.25) is 0 Å². The zero-order chi connectivity index (χ0) is 10.4. The van der Waals surface area contributed by atoms with E-state index in [2.05, 4.69) is 6.92 Å². The predicted octanol–water partition coefficient (Wildman–Crippen LogP) is 2.58. The highest BCUT2D eigenvalue weighted by molar-refractivity contribution is 5.44. The first-order valence-corrected chi connectivity index (χ1v) is 4.77. The summed E-state index contributed by atoms with van der Waals surface area (Å²) in [5.41, 5.74) is 0. The Balaban J connectivity index is 2.67. The number of hydrogen-bond donors (Lipinski definition) is 1. The van der Waals surface area contributed by atoms with E-state index in [1.165, 1.54) is 0 Å². The highest BCUT2D eigenvalue weighted by Gasteiger charge is 2.04. The molecule has 0 aliphatic heterocycles. The van der Waals surface area contributed by atoms with Crippen molar-refractivity contribution in [3.63, 3.8) is 0 Å². The van der Waals surface area contributed by atoms with Crippen LogP contribution in [0.4, 0.5) is 0 Å². The Labute approximate surface area is 84.3 Å². The maximum atomic E-state index is 9.25. The Morgan fingerprint density at radius 3 is 2.71 bits per heavy atom. The van der Waals surface area contributed by atoms with Gasteiger partial charge in [0.1, 0.15) is 5.75 Å². The highest BCUT2D eigenvalue weighted by atomic mass is 16.5. The molecule has 1 aromatic rings. The number of rotatable bonds is 5. The summed E-state index contributed by atoms with van der Waals surface area (Å²) in [4.78, 5) is 0. The molecule has 0 aliphatic carbocycles. The van der Waals surface area contributed by atoms with Gasteiger partial charge in [-0.3, -0.25) is 0 Å². The van der Waals surface area contributed by atoms with Gasteiger partial charge in [-0.1, -0.05) is 13.3 Å². The Bertz CT molecular complexity index is 284. The van der Waals surface area contributed by atoms with Gasteiger partial charge in [0, 0.05) is 6.07 Å². The standard InChI is InChI=1S/C11H16O3/c1-3-4-7-14-11-8-9(12)5-6-10(11)13-2/h5-6,8,12H,3-4,7H2,1-2H3. The molecule has 1 rings (SSSR count). The molecule has 1 N–H and O–H groups in total. The van der Waals surface area contributed by atoms with Gasteiger partial charge in [-0.15, -0.1) is 0 Å². The molecule has 0 aromatic heterocycles. The van der Waals surface area contributed by atoms with Gasteiger partial charge >= 0.3 is 0 Å². The van der Waals surface area contributed by atoms with Gasteiger partial charge < -0.3 is 14.6 Å². The van der Waals surface area contributed by atoms with E-state index in [4.69, 9.17) is 9.47 Å². The molecule has 14 heavy (non-hydrogen) atoms. The first kappa shape index (κ1) is 10.7. The second kappa shape index (κ2) is 5.37. The van der Waals surface area contributed by atoms with Crippen molar-refractivity contribution in [2.75, 3.05) is 13.7 Å². The topological polar surface area (TPSA) is 38.7 Å². The summed E-state index contributed by atoms with van der Waals surface area (Å²) in [6.45, 7) is 2.75. The van der Waals surface area contributed by atoms with Crippen LogP contribution in [-0.2, 0) is 0 Å². The predicted molar refractivity (Wildman–Crippen MR) is 55.1 cm³/mol. The third-order valence-corrected chi connectivity index (χ3v) is 1.90. The van der Waals surface area contributed by atoms with Gasteiger partial charge in [-0.25, -0.2) is 0 Å². The molecule has 0 atom stereocenters. The monoisotopic (exact) mass is 196 g/mol.